The molecule has 0 saturated carbocycles. The van der Waals surface area contributed by atoms with E-state index in [1.807, 2.05) is 30.5 Å². The van der Waals surface area contributed by atoms with Crippen LogP contribution in [-0.4, -0.2) is 41.8 Å². The molecule has 1 amide bonds. The standard InChI is InChI=1S/C22H25N3O4S/c26-21-11-10-17(30(28,29)25-12-3-4-13-25)14-20(21)24-22(27)9-5-6-16-15-23-19-8-2-1-7-18(16)19/h1-2,7-8,10-11,14-15,23,26H,3-6,9,12-13H2,(H,24,27). The Hall–Kier alpha value is -2.84. The highest BCUT2D eigenvalue weighted by atomic mass is 32.2. The van der Waals surface area contributed by atoms with Gasteiger partial charge in [-0.2, -0.15) is 4.31 Å². The largest absolute Gasteiger partial charge is 0.506 e. The van der Waals surface area contributed by atoms with Gasteiger partial charge in [0.05, 0.1) is 10.6 Å². The zero-order valence-corrected chi connectivity index (χ0v) is 17.4. The van der Waals surface area contributed by atoms with Crippen LogP contribution in [0.25, 0.3) is 10.9 Å². The number of nitrogens with one attached hydrogen (secondary N) is 2. The Morgan fingerprint density at radius 2 is 1.90 bits per heavy atom. The van der Waals surface area contributed by atoms with Crippen molar-refractivity contribution in [3.63, 3.8) is 0 Å². The molecular weight excluding hydrogens is 402 g/mol. The molecule has 30 heavy (non-hydrogen) atoms. The third kappa shape index (κ3) is 4.20. The second-order valence-corrected chi connectivity index (χ2v) is 9.49. The first-order chi connectivity index (χ1) is 14.4. The Morgan fingerprint density at radius 1 is 1.13 bits per heavy atom. The molecule has 1 aliphatic rings. The number of rotatable bonds is 7. The minimum atomic E-state index is -3.61. The molecule has 1 aromatic heterocycles. The van der Waals surface area contributed by atoms with Crippen LogP contribution in [0.5, 0.6) is 5.75 Å². The van der Waals surface area contributed by atoms with Crippen LogP contribution < -0.4 is 5.32 Å². The molecule has 0 atom stereocenters. The van der Waals surface area contributed by atoms with E-state index >= 15 is 0 Å². The van der Waals surface area contributed by atoms with Crippen molar-refractivity contribution in [2.75, 3.05) is 18.4 Å². The van der Waals surface area contributed by atoms with E-state index in [0.29, 0.717) is 19.5 Å². The number of phenols is 1. The van der Waals surface area contributed by atoms with E-state index in [4.69, 9.17) is 0 Å². The number of carbonyl (C=O) groups excluding carboxylic acids is 1. The topological polar surface area (TPSA) is 102 Å². The number of aromatic hydroxyl groups is 1. The van der Waals surface area contributed by atoms with Crippen molar-refractivity contribution < 1.29 is 18.3 Å². The second-order valence-electron chi connectivity index (χ2n) is 7.55. The summed E-state index contributed by atoms with van der Waals surface area (Å²) in [6, 6.07) is 12.0. The number of hydrogen-bond acceptors (Lipinski definition) is 4. The van der Waals surface area contributed by atoms with Crippen molar-refractivity contribution in [2.24, 2.45) is 0 Å². The van der Waals surface area contributed by atoms with Gasteiger partial charge in [-0.15, -0.1) is 0 Å². The number of anilines is 1. The number of aromatic amines is 1. The maximum atomic E-state index is 12.7. The van der Waals surface area contributed by atoms with E-state index in [9.17, 15) is 18.3 Å². The van der Waals surface area contributed by atoms with Gasteiger partial charge in [0.2, 0.25) is 15.9 Å². The summed E-state index contributed by atoms with van der Waals surface area (Å²) in [6.07, 6.45) is 5.30. The lowest BCUT2D eigenvalue weighted by atomic mass is 10.1. The zero-order chi connectivity index (χ0) is 21.1. The summed E-state index contributed by atoms with van der Waals surface area (Å²) in [5, 5.41) is 13.9. The normalized spacial score (nSPS) is 14.9. The highest BCUT2D eigenvalue weighted by Gasteiger charge is 2.27. The van der Waals surface area contributed by atoms with Crippen LogP contribution in [0.4, 0.5) is 5.69 Å². The minimum Gasteiger partial charge on any atom is -0.506 e. The van der Waals surface area contributed by atoms with Gasteiger partial charge in [-0.25, -0.2) is 8.42 Å². The van der Waals surface area contributed by atoms with Gasteiger partial charge in [-0.1, -0.05) is 18.2 Å². The highest BCUT2D eigenvalue weighted by Crippen LogP contribution is 2.29. The van der Waals surface area contributed by atoms with Crippen molar-refractivity contribution in [3.05, 3.63) is 54.2 Å². The predicted molar refractivity (Wildman–Crippen MR) is 116 cm³/mol. The summed E-state index contributed by atoms with van der Waals surface area (Å²) >= 11 is 0. The number of hydrogen-bond donors (Lipinski definition) is 3. The number of H-pyrrole nitrogens is 1. The maximum absolute atomic E-state index is 12.7. The number of carbonyl (C=O) groups is 1. The van der Waals surface area contributed by atoms with Gasteiger partial charge in [0.25, 0.3) is 0 Å². The quantitative estimate of drug-likeness (QED) is 0.501. The molecule has 0 unspecified atom stereocenters. The molecule has 158 valence electrons. The Kier molecular flexibility index (Phi) is 5.78. The summed E-state index contributed by atoms with van der Waals surface area (Å²) in [6.45, 7) is 0.997. The van der Waals surface area contributed by atoms with Gasteiger partial charge >= 0.3 is 0 Å². The summed E-state index contributed by atoms with van der Waals surface area (Å²) in [5.41, 5.74) is 2.34. The number of sulfonamides is 1. The average Bonchev–Trinajstić information content (AvgIpc) is 3.40. The van der Waals surface area contributed by atoms with Gasteiger partial charge in [0.1, 0.15) is 5.75 Å². The van der Waals surface area contributed by atoms with Gasteiger partial charge < -0.3 is 15.4 Å². The van der Waals surface area contributed by atoms with E-state index < -0.39 is 10.0 Å². The number of benzene rings is 2. The first kappa shape index (κ1) is 20.4. The van der Waals surface area contributed by atoms with Gasteiger partial charge in [-0.3, -0.25) is 4.79 Å². The number of fused-ring (bicyclic) bond motifs is 1. The minimum absolute atomic E-state index is 0.0799. The Bertz CT molecular complexity index is 1160. The molecule has 2 aromatic carbocycles. The summed E-state index contributed by atoms with van der Waals surface area (Å²) in [5.74, 6) is -0.416. The Morgan fingerprint density at radius 3 is 2.70 bits per heavy atom. The fraction of sp³-hybridized carbons (Fsp3) is 0.318. The Balaban J connectivity index is 1.39. The number of amides is 1. The zero-order valence-electron chi connectivity index (χ0n) is 16.6. The van der Waals surface area contributed by atoms with Crippen LogP contribution in [0.2, 0.25) is 0 Å². The lowest BCUT2D eigenvalue weighted by molar-refractivity contribution is -0.116. The molecule has 1 fully saturated rings. The third-order valence-electron chi connectivity index (χ3n) is 5.47. The lowest BCUT2D eigenvalue weighted by Crippen LogP contribution is -2.28. The molecule has 0 bridgehead atoms. The van der Waals surface area contributed by atoms with Gasteiger partial charge in [0.15, 0.2) is 0 Å². The number of phenolic OH excluding ortho intramolecular Hbond substituents is 1. The maximum Gasteiger partial charge on any atom is 0.243 e. The highest BCUT2D eigenvalue weighted by molar-refractivity contribution is 7.89. The van der Waals surface area contributed by atoms with Crippen LogP contribution in [0, 0.1) is 0 Å². The van der Waals surface area contributed by atoms with Crippen LogP contribution in [0.15, 0.2) is 53.6 Å². The van der Waals surface area contributed by atoms with E-state index in [1.165, 1.54) is 22.5 Å². The Labute approximate surface area is 175 Å². The van der Waals surface area contributed by atoms with Crippen LogP contribution in [0.3, 0.4) is 0 Å². The van der Waals surface area contributed by atoms with E-state index in [-0.39, 0.29) is 28.7 Å². The van der Waals surface area contributed by atoms with Crippen molar-refractivity contribution in [3.8, 4) is 5.75 Å². The van der Waals surface area contributed by atoms with E-state index in [2.05, 4.69) is 10.3 Å². The fourth-order valence-corrected chi connectivity index (χ4v) is 5.39. The van der Waals surface area contributed by atoms with E-state index in [1.54, 1.807) is 0 Å². The number of aryl methyl sites for hydroxylation is 1. The molecule has 2 heterocycles. The van der Waals surface area contributed by atoms with Gasteiger partial charge in [0, 0.05) is 36.6 Å². The SMILES string of the molecule is O=C(CCCc1c[nH]c2ccccc12)Nc1cc(S(=O)(=O)N2CCCC2)ccc1O. The molecule has 1 aliphatic heterocycles. The summed E-state index contributed by atoms with van der Waals surface area (Å²) in [4.78, 5) is 15.7. The third-order valence-corrected chi connectivity index (χ3v) is 7.36. The molecule has 0 aliphatic carbocycles. The van der Waals surface area contributed by atoms with E-state index in [0.717, 1.165) is 35.7 Å². The molecule has 0 radical (unpaired) electrons. The summed E-state index contributed by atoms with van der Waals surface area (Å²) in [7, 11) is -3.61. The van der Waals surface area contributed by atoms with Crippen molar-refractivity contribution in [2.45, 2.75) is 37.0 Å². The predicted octanol–water partition coefficient (Wildman–Crippen LogP) is 3.62. The fourth-order valence-electron chi connectivity index (χ4n) is 3.84. The van der Waals surface area contributed by atoms with Gasteiger partial charge in [-0.05, 0) is 55.5 Å². The smallest absolute Gasteiger partial charge is 0.243 e. The van der Waals surface area contributed by atoms with Crippen molar-refractivity contribution >= 4 is 32.5 Å². The average molecular weight is 428 g/mol. The molecule has 1 saturated heterocycles. The second kappa shape index (κ2) is 8.49. The van der Waals surface area contributed by atoms with Crippen LogP contribution >= 0.6 is 0 Å². The van der Waals surface area contributed by atoms with Crippen molar-refractivity contribution in [1.29, 1.82) is 0 Å². The number of nitrogens with zero attached hydrogens (tertiary/aromatic N) is 1. The number of aromatic nitrogens is 1. The molecular formula is C22H25N3O4S. The number of para-hydroxylation sites is 1. The van der Waals surface area contributed by atoms with Crippen LogP contribution in [-0.2, 0) is 21.2 Å². The molecule has 3 aromatic rings. The molecule has 8 heteroatoms. The summed E-state index contributed by atoms with van der Waals surface area (Å²) < 4.78 is 26.9. The molecule has 7 nitrogen and oxygen atoms in total. The van der Waals surface area contributed by atoms with Crippen LogP contribution in [0.1, 0.15) is 31.2 Å². The first-order valence-electron chi connectivity index (χ1n) is 10.1. The molecule has 0 spiro atoms. The first-order valence-corrected chi connectivity index (χ1v) is 11.6. The monoisotopic (exact) mass is 427 g/mol. The van der Waals surface area contributed by atoms with Crippen molar-refractivity contribution in [1.82, 2.24) is 9.29 Å². The molecule has 3 N–H and O–H groups in total. The lowest BCUT2D eigenvalue weighted by Gasteiger charge is -2.16. The molecule has 4 rings (SSSR count).